The lowest BCUT2D eigenvalue weighted by Gasteiger charge is -1.96. The van der Waals surface area contributed by atoms with Crippen LogP contribution in [0.4, 0.5) is 0 Å². The number of thioether (sulfide) groups is 1. The van der Waals surface area contributed by atoms with E-state index in [0.717, 1.165) is 0 Å². The van der Waals surface area contributed by atoms with Crippen LogP contribution in [0.3, 0.4) is 0 Å². The van der Waals surface area contributed by atoms with E-state index in [2.05, 4.69) is 14.9 Å². The lowest BCUT2D eigenvalue weighted by atomic mass is 10.3. The van der Waals surface area contributed by atoms with E-state index >= 15 is 0 Å². The molecule has 5 nitrogen and oxygen atoms in total. The average molecular weight is 203 g/mol. The first-order valence-corrected chi connectivity index (χ1v) is 4.80. The van der Waals surface area contributed by atoms with E-state index in [1.54, 1.807) is 13.2 Å². The smallest absolute Gasteiger partial charge is 0.311 e. The van der Waals surface area contributed by atoms with Crippen LogP contribution >= 0.6 is 11.8 Å². The summed E-state index contributed by atoms with van der Waals surface area (Å²) in [6.45, 7) is 1.69. The normalized spacial score (nSPS) is 12.8. The fraction of sp³-hybridized carbons (Fsp3) is 0.571. The van der Waals surface area contributed by atoms with E-state index in [4.69, 9.17) is 5.73 Å². The number of carbonyl (C=O) groups is 1. The number of rotatable bonds is 3. The number of methoxy groups -OCH3 is 1. The van der Waals surface area contributed by atoms with Crippen LogP contribution < -0.4 is 5.73 Å². The van der Waals surface area contributed by atoms with E-state index in [0.29, 0.717) is 10.9 Å². The first-order valence-electron chi connectivity index (χ1n) is 3.57. The Hall–Kier alpha value is -1.04. The number of carbonyl (C=O) groups excluding carboxylic acids is 1. The summed E-state index contributed by atoms with van der Waals surface area (Å²) < 4.78 is 4.45. The second-order valence-electron chi connectivity index (χ2n) is 2.23. The predicted molar refractivity (Wildman–Crippen MR) is 54.9 cm³/mol. The number of esters is 1. The summed E-state index contributed by atoms with van der Waals surface area (Å²) in [4.78, 5) is 10.7. The minimum atomic E-state index is -0.334. The van der Waals surface area contributed by atoms with Crippen molar-refractivity contribution < 1.29 is 9.53 Å². The first kappa shape index (κ1) is 12.0. The molecule has 0 fully saturated rings. The standard InChI is InChI=1S/C7H13N3O2S/c1-5(4-6(11)12-2)9-10-7(8)13-3/h4H2,1-3H3,(H2,8,10). The fourth-order valence-electron chi connectivity index (χ4n) is 0.492. The number of ether oxygens (including phenoxy) is 1. The van der Waals surface area contributed by atoms with Gasteiger partial charge in [0.25, 0.3) is 0 Å². The lowest BCUT2D eigenvalue weighted by Crippen LogP contribution is -2.07. The third-order valence-corrected chi connectivity index (χ3v) is 1.66. The molecule has 0 rings (SSSR count). The van der Waals surface area contributed by atoms with E-state index in [-0.39, 0.29) is 12.4 Å². The van der Waals surface area contributed by atoms with Gasteiger partial charge in [-0.1, -0.05) is 11.8 Å². The molecule has 0 aromatic carbocycles. The van der Waals surface area contributed by atoms with Crippen molar-refractivity contribution in [2.24, 2.45) is 15.9 Å². The molecule has 6 heteroatoms. The van der Waals surface area contributed by atoms with Crippen LogP contribution in [0.5, 0.6) is 0 Å². The minimum absolute atomic E-state index is 0.141. The molecule has 0 saturated heterocycles. The number of nitrogens with zero attached hydrogens (tertiary/aromatic N) is 2. The van der Waals surface area contributed by atoms with Crippen LogP contribution in [-0.2, 0) is 9.53 Å². The third-order valence-electron chi connectivity index (χ3n) is 1.16. The summed E-state index contributed by atoms with van der Waals surface area (Å²) in [5.74, 6) is -0.334. The van der Waals surface area contributed by atoms with Crippen LogP contribution in [0.15, 0.2) is 10.2 Å². The molecule has 0 bridgehead atoms. The number of hydrogen-bond acceptors (Lipinski definition) is 5. The summed E-state index contributed by atoms with van der Waals surface area (Å²) in [7, 11) is 1.33. The van der Waals surface area contributed by atoms with Gasteiger partial charge in [0.05, 0.1) is 13.5 Å². The van der Waals surface area contributed by atoms with Crippen molar-refractivity contribution in [1.29, 1.82) is 0 Å². The van der Waals surface area contributed by atoms with E-state index < -0.39 is 0 Å². The molecule has 0 aliphatic rings. The average Bonchev–Trinajstić information content (AvgIpc) is 2.13. The van der Waals surface area contributed by atoms with Gasteiger partial charge in [-0.05, 0) is 13.2 Å². The van der Waals surface area contributed by atoms with Gasteiger partial charge in [0.15, 0.2) is 5.17 Å². The van der Waals surface area contributed by atoms with Gasteiger partial charge >= 0.3 is 5.97 Å². The van der Waals surface area contributed by atoms with Gasteiger partial charge < -0.3 is 10.5 Å². The molecular weight excluding hydrogens is 190 g/mol. The summed E-state index contributed by atoms with van der Waals surface area (Å²) in [5, 5.41) is 7.77. The van der Waals surface area contributed by atoms with Crippen molar-refractivity contribution in [2.75, 3.05) is 13.4 Å². The van der Waals surface area contributed by atoms with Gasteiger partial charge in [-0.3, -0.25) is 4.79 Å². The summed E-state index contributed by atoms with van der Waals surface area (Å²) in [6, 6.07) is 0. The highest BCUT2D eigenvalue weighted by molar-refractivity contribution is 8.13. The molecule has 0 saturated carbocycles. The second kappa shape index (κ2) is 6.47. The number of amidine groups is 1. The second-order valence-corrected chi connectivity index (χ2v) is 3.06. The molecule has 0 heterocycles. The molecule has 0 spiro atoms. The molecule has 0 aromatic rings. The zero-order valence-corrected chi connectivity index (χ0v) is 8.72. The zero-order chi connectivity index (χ0) is 10.3. The number of hydrogen-bond donors (Lipinski definition) is 1. The highest BCUT2D eigenvalue weighted by Gasteiger charge is 2.01. The van der Waals surface area contributed by atoms with Crippen molar-refractivity contribution >= 4 is 28.6 Å². The van der Waals surface area contributed by atoms with Crippen molar-refractivity contribution in [3.05, 3.63) is 0 Å². The van der Waals surface area contributed by atoms with E-state index in [1.807, 2.05) is 0 Å². The van der Waals surface area contributed by atoms with Crippen LogP contribution in [0, 0.1) is 0 Å². The Labute approximate surface area is 81.4 Å². The van der Waals surface area contributed by atoms with Gasteiger partial charge in [-0.15, -0.1) is 5.10 Å². The molecule has 74 valence electrons. The predicted octanol–water partition coefficient (Wildman–Crippen LogP) is 0.603. The fourth-order valence-corrected chi connectivity index (χ4v) is 0.614. The van der Waals surface area contributed by atoms with Crippen LogP contribution in [0.25, 0.3) is 0 Å². The monoisotopic (exact) mass is 203 g/mol. The maximum atomic E-state index is 10.7. The maximum Gasteiger partial charge on any atom is 0.311 e. The van der Waals surface area contributed by atoms with E-state index in [1.165, 1.54) is 18.9 Å². The quantitative estimate of drug-likeness (QED) is 0.315. The topological polar surface area (TPSA) is 77.0 Å². The van der Waals surface area contributed by atoms with Crippen LogP contribution in [0.1, 0.15) is 13.3 Å². The first-order chi connectivity index (χ1) is 6.10. The van der Waals surface area contributed by atoms with Crippen LogP contribution in [0.2, 0.25) is 0 Å². The summed E-state index contributed by atoms with van der Waals surface area (Å²) in [5.41, 5.74) is 5.95. The van der Waals surface area contributed by atoms with Gasteiger partial charge in [0.2, 0.25) is 0 Å². The van der Waals surface area contributed by atoms with Gasteiger partial charge in [0, 0.05) is 5.71 Å². The molecule has 0 unspecified atom stereocenters. The highest BCUT2D eigenvalue weighted by atomic mass is 32.2. The van der Waals surface area contributed by atoms with Crippen molar-refractivity contribution in [2.45, 2.75) is 13.3 Å². The van der Waals surface area contributed by atoms with Crippen molar-refractivity contribution in [3.63, 3.8) is 0 Å². The molecular formula is C7H13N3O2S. The highest BCUT2D eigenvalue weighted by Crippen LogP contribution is 1.94. The molecule has 0 aromatic heterocycles. The largest absolute Gasteiger partial charge is 0.469 e. The Morgan fingerprint density at radius 1 is 1.54 bits per heavy atom. The van der Waals surface area contributed by atoms with Gasteiger partial charge in [-0.2, -0.15) is 5.10 Å². The van der Waals surface area contributed by atoms with E-state index in [9.17, 15) is 4.79 Å². The Balaban J connectivity index is 4.10. The Kier molecular flexibility index (Phi) is 5.96. The third kappa shape index (κ3) is 6.15. The molecule has 0 aliphatic heterocycles. The van der Waals surface area contributed by atoms with Crippen molar-refractivity contribution in [1.82, 2.24) is 0 Å². The zero-order valence-electron chi connectivity index (χ0n) is 7.90. The lowest BCUT2D eigenvalue weighted by molar-refractivity contribution is -0.139. The summed E-state index contributed by atoms with van der Waals surface area (Å²) in [6.07, 6.45) is 1.94. The molecule has 0 aliphatic carbocycles. The molecule has 2 N–H and O–H groups in total. The molecule has 13 heavy (non-hydrogen) atoms. The Morgan fingerprint density at radius 3 is 2.62 bits per heavy atom. The SMILES string of the molecule is COC(=O)CC(C)=N/N=C(\N)SC. The van der Waals surface area contributed by atoms with Gasteiger partial charge in [-0.25, -0.2) is 0 Å². The Morgan fingerprint density at radius 2 is 2.15 bits per heavy atom. The maximum absolute atomic E-state index is 10.7. The number of nitrogens with two attached hydrogens (primary N) is 1. The molecule has 0 radical (unpaired) electrons. The van der Waals surface area contributed by atoms with Crippen LogP contribution in [-0.4, -0.2) is 30.2 Å². The summed E-state index contributed by atoms with van der Waals surface area (Å²) >= 11 is 1.30. The molecule has 0 amide bonds. The van der Waals surface area contributed by atoms with Crippen molar-refractivity contribution in [3.8, 4) is 0 Å². The Bertz CT molecular complexity index is 238. The molecule has 0 atom stereocenters. The van der Waals surface area contributed by atoms with Gasteiger partial charge in [0.1, 0.15) is 0 Å². The minimum Gasteiger partial charge on any atom is -0.469 e.